The molecule has 0 spiro atoms. The number of benzene rings is 1. The highest BCUT2D eigenvalue weighted by Gasteiger charge is 1.99. The molecule has 0 radical (unpaired) electrons. The van der Waals surface area contributed by atoms with Crippen molar-refractivity contribution in [2.45, 2.75) is 19.8 Å². The molecule has 0 saturated carbocycles. The Hall–Kier alpha value is -1.44. The molecule has 2 nitrogen and oxygen atoms in total. The van der Waals surface area contributed by atoms with Gasteiger partial charge >= 0.3 is 5.97 Å². The maximum absolute atomic E-state index is 10.5. The van der Waals surface area contributed by atoms with E-state index in [-0.39, 0.29) is 11.9 Å². The molecule has 0 amide bonds. The van der Waals surface area contributed by atoms with Gasteiger partial charge in [0.15, 0.2) is 0 Å². The third-order valence-corrected chi connectivity index (χ3v) is 1.68. The molecule has 2 heteroatoms. The monoisotopic (exact) mass is 176 g/mol. The molecule has 0 bridgehead atoms. The molecule has 1 aromatic rings. The second-order valence-electron chi connectivity index (χ2n) is 2.84. The minimum atomic E-state index is -0.331. The van der Waals surface area contributed by atoms with Gasteiger partial charge in [-0.2, -0.15) is 0 Å². The summed E-state index contributed by atoms with van der Waals surface area (Å²) in [4.78, 5) is 10.5. The van der Waals surface area contributed by atoms with Crippen molar-refractivity contribution < 1.29 is 9.22 Å². The summed E-state index contributed by atoms with van der Waals surface area (Å²) < 4.78 is 4.67. The minimum absolute atomic E-state index is 0.0186. The number of hydrogen-bond donors (Lipinski definition) is 0. The first kappa shape index (κ1) is 9.65. The van der Waals surface area contributed by atoms with Gasteiger partial charge < -0.3 is 4.42 Å². The van der Waals surface area contributed by atoms with E-state index in [0.29, 0.717) is 0 Å². The van der Waals surface area contributed by atoms with Crippen molar-refractivity contribution in [2.24, 2.45) is 0 Å². The second-order valence-corrected chi connectivity index (χ2v) is 2.84. The van der Waals surface area contributed by atoms with Crippen LogP contribution in [0.4, 0.5) is 0 Å². The molecular weight excluding hydrogens is 164 g/mol. The summed E-state index contributed by atoms with van der Waals surface area (Å²) >= 11 is 0. The van der Waals surface area contributed by atoms with Crippen molar-refractivity contribution in [2.75, 3.05) is 0 Å². The molecule has 0 saturated heterocycles. The lowest BCUT2D eigenvalue weighted by atomic mass is 10.0. The van der Waals surface area contributed by atoms with Gasteiger partial charge in [-0.25, -0.2) is 0 Å². The van der Waals surface area contributed by atoms with Gasteiger partial charge in [0.05, 0.1) is 6.29 Å². The summed E-state index contributed by atoms with van der Waals surface area (Å²) in [5, 5.41) is 0. The van der Waals surface area contributed by atoms with Gasteiger partial charge in [0.1, 0.15) is 0 Å². The van der Waals surface area contributed by atoms with Crippen molar-refractivity contribution in [1.82, 2.24) is 0 Å². The highest BCUT2D eigenvalue weighted by molar-refractivity contribution is 5.73. The molecule has 0 heterocycles. The van der Waals surface area contributed by atoms with E-state index < -0.39 is 0 Å². The van der Waals surface area contributed by atoms with Gasteiger partial charge in [-0.15, -0.1) is 0 Å². The van der Waals surface area contributed by atoms with Gasteiger partial charge in [-0.1, -0.05) is 47.6 Å². The number of rotatable bonds is 2. The lowest BCUT2D eigenvalue weighted by molar-refractivity contribution is -0.146. The van der Waals surface area contributed by atoms with Crippen LogP contribution in [0.3, 0.4) is 0 Å². The topological polar surface area (TPSA) is 28.4 Å². The van der Waals surface area contributed by atoms with E-state index in [9.17, 15) is 4.79 Å². The third-order valence-electron chi connectivity index (χ3n) is 1.68. The Morgan fingerprint density at radius 3 is 2.54 bits per heavy atom. The average molecular weight is 176 g/mol. The molecule has 1 atom stereocenters. The zero-order valence-electron chi connectivity index (χ0n) is 7.78. The normalized spacial score (nSPS) is 13.1. The molecule has 1 rings (SSSR count). The van der Waals surface area contributed by atoms with Crippen LogP contribution in [0, 0.1) is 0 Å². The average Bonchev–Trinajstić information content (AvgIpc) is 2.15. The first-order chi connectivity index (χ1) is 6.20. The molecule has 68 valence electrons. The van der Waals surface area contributed by atoms with E-state index in [2.05, 4.69) is 10.7 Å². The third kappa shape index (κ3) is 3.20. The van der Waals surface area contributed by atoms with Gasteiger partial charge in [-0.3, -0.25) is 0 Å². The lowest BCUT2D eigenvalue weighted by Crippen LogP contribution is -1.99. The van der Waals surface area contributed by atoms with Crippen LogP contribution >= 0.6 is 0 Å². The molecule has 1 unspecified atom stereocenters. The van der Waals surface area contributed by atoms with Crippen LogP contribution in [-0.2, 0) is 9.22 Å². The van der Waals surface area contributed by atoms with Crippen LogP contribution in [0.15, 0.2) is 30.3 Å². The molecule has 13 heavy (non-hydrogen) atoms. The first-order valence-electron chi connectivity index (χ1n) is 4.18. The smallest absolute Gasteiger partial charge is 0.422 e. The van der Waals surface area contributed by atoms with Crippen molar-refractivity contribution in [3.05, 3.63) is 35.9 Å². The minimum Gasteiger partial charge on any atom is -0.467 e. The quantitative estimate of drug-likeness (QED) is 0.500. The Morgan fingerprint density at radius 2 is 2.00 bits per heavy atom. The number of hydrogen-bond acceptors (Lipinski definition) is 1. The molecule has 0 fully saturated rings. The van der Waals surface area contributed by atoms with Crippen LogP contribution in [-0.4, -0.2) is 12.3 Å². The fourth-order valence-electron chi connectivity index (χ4n) is 0.981. The van der Waals surface area contributed by atoms with E-state index in [1.807, 2.05) is 37.3 Å². The summed E-state index contributed by atoms with van der Waals surface area (Å²) in [5.41, 5.74) is 1.09. The molecular formula is C11H12O2. The van der Waals surface area contributed by atoms with E-state index in [1.165, 1.54) is 6.92 Å². The van der Waals surface area contributed by atoms with Gasteiger partial charge in [0.2, 0.25) is 0 Å². The van der Waals surface area contributed by atoms with Crippen LogP contribution in [0.1, 0.15) is 25.3 Å². The van der Waals surface area contributed by atoms with Crippen LogP contribution < -0.4 is 0 Å². The van der Waals surface area contributed by atoms with Crippen LogP contribution in [0.25, 0.3) is 0 Å². The molecule has 0 aliphatic rings. The van der Waals surface area contributed by atoms with Gasteiger partial charge in [-0.05, 0) is 5.92 Å². The van der Waals surface area contributed by atoms with E-state index in [4.69, 9.17) is 0 Å². The maximum Gasteiger partial charge on any atom is 0.422 e. The van der Waals surface area contributed by atoms with Crippen LogP contribution in [0.2, 0.25) is 0 Å². The zero-order chi connectivity index (χ0) is 9.68. The van der Waals surface area contributed by atoms with E-state index in [0.717, 1.165) is 5.56 Å². The van der Waals surface area contributed by atoms with Crippen molar-refractivity contribution in [1.29, 1.82) is 0 Å². The summed E-state index contributed by atoms with van der Waals surface area (Å²) in [6.45, 7) is 3.29. The lowest BCUT2D eigenvalue weighted by Gasteiger charge is -2.05. The fourth-order valence-corrected chi connectivity index (χ4v) is 0.981. The predicted octanol–water partition coefficient (Wildman–Crippen LogP) is 1.98. The van der Waals surface area contributed by atoms with Gasteiger partial charge in [0.25, 0.3) is 0 Å². The fraction of sp³-hybridized carbons (Fsp3) is 0.273. The first-order valence-corrected chi connectivity index (χ1v) is 4.18. The predicted molar refractivity (Wildman–Crippen MR) is 51.2 cm³/mol. The molecule has 1 aromatic carbocycles. The molecule has 0 aromatic heterocycles. The Kier molecular flexibility index (Phi) is 3.38. The van der Waals surface area contributed by atoms with E-state index >= 15 is 0 Å². The van der Waals surface area contributed by atoms with E-state index in [1.54, 1.807) is 0 Å². The SMILES string of the molecule is CC(=O)[O+]=[C-]C(C)c1ccccc1. The zero-order valence-corrected chi connectivity index (χ0v) is 7.78. The van der Waals surface area contributed by atoms with Crippen LogP contribution in [0.5, 0.6) is 0 Å². The van der Waals surface area contributed by atoms with Crippen molar-refractivity contribution in [3.8, 4) is 0 Å². The van der Waals surface area contributed by atoms with Crippen molar-refractivity contribution in [3.63, 3.8) is 0 Å². The standard InChI is InChI=1S/C11H12O2/c1-9(8-13-10(2)12)11-6-4-3-5-7-11/h3-7,9H,1-2H3. The summed E-state index contributed by atoms with van der Waals surface area (Å²) in [6.07, 6.45) is 2.65. The second kappa shape index (κ2) is 4.55. The number of carbonyl (C=O) groups excluding carboxylic acids is 2. The molecule has 0 aliphatic carbocycles. The van der Waals surface area contributed by atoms with Gasteiger partial charge in [0, 0.05) is 6.92 Å². The Balaban J connectivity index is 2.69. The molecule has 0 aliphatic heterocycles. The summed E-state index contributed by atoms with van der Waals surface area (Å²) in [6, 6.07) is 9.78. The molecule has 0 N–H and O–H groups in total. The summed E-state index contributed by atoms with van der Waals surface area (Å²) in [7, 11) is 0. The highest BCUT2D eigenvalue weighted by Crippen LogP contribution is 2.10. The maximum atomic E-state index is 10.5. The summed E-state index contributed by atoms with van der Waals surface area (Å²) in [5.74, 6) is -0.312. The largest absolute Gasteiger partial charge is 0.467 e. The Bertz CT molecular complexity index is 301. The number of carbonyl (C=O) groups is 1. The van der Waals surface area contributed by atoms with Crippen molar-refractivity contribution >= 4 is 12.3 Å². The highest BCUT2D eigenvalue weighted by atomic mass is 16.4. The Morgan fingerprint density at radius 1 is 1.38 bits per heavy atom. The Labute approximate surface area is 77.9 Å².